The van der Waals surface area contributed by atoms with Crippen molar-refractivity contribution in [2.75, 3.05) is 32.6 Å². The molecule has 0 fully saturated rings. The molecule has 0 spiro atoms. The zero-order valence-corrected chi connectivity index (χ0v) is 12.5. The molecule has 2 aromatic rings. The third-order valence-electron chi connectivity index (χ3n) is 3.24. The van der Waals surface area contributed by atoms with Gasteiger partial charge in [-0.3, -0.25) is 4.79 Å². The number of hydrogen-bond donors (Lipinski definition) is 1. The molecule has 0 saturated carbocycles. The summed E-state index contributed by atoms with van der Waals surface area (Å²) in [5.74, 6) is 0.565. The van der Waals surface area contributed by atoms with E-state index in [1.54, 1.807) is 31.6 Å². The number of nitrogens with zero attached hydrogens (tertiary/aromatic N) is 1. The fraction of sp³-hybridized carbons (Fsp3) is 0.312. The van der Waals surface area contributed by atoms with Crippen LogP contribution in [-0.4, -0.2) is 33.7 Å². The van der Waals surface area contributed by atoms with Crippen LogP contribution in [-0.2, 0) is 4.74 Å². The molecule has 0 aliphatic carbocycles. The molecule has 1 aromatic carbocycles. The summed E-state index contributed by atoms with van der Waals surface area (Å²) in [6.07, 6.45) is 1.30. The van der Waals surface area contributed by atoms with E-state index < -0.39 is 0 Å². The zero-order valence-electron chi connectivity index (χ0n) is 12.5. The maximum atomic E-state index is 12.1. The van der Waals surface area contributed by atoms with Gasteiger partial charge in [0.05, 0.1) is 12.8 Å². The highest BCUT2D eigenvalue weighted by atomic mass is 16.5. The highest BCUT2D eigenvalue weighted by Gasteiger charge is 2.15. The summed E-state index contributed by atoms with van der Waals surface area (Å²) >= 11 is 0. The number of amides is 1. The Morgan fingerprint density at radius 2 is 2.00 bits per heavy atom. The quantitative estimate of drug-likeness (QED) is 0.887. The number of anilines is 1. The van der Waals surface area contributed by atoms with Crippen LogP contribution in [0.4, 0.5) is 5.69 Å². The molecule has 1 amide bonds. The number of furan rings is 1. The molecule has 5 nitrogen and oxygen atoms in total. The molecule has 1 atom stereocenters. The van der Waals surface area contributed by atoms with Crippen LogP contribution < -0.4 is 10.2 Å². The SMILES string of the molecule is COC(CNC(=O)c1ccc(N(C)C)cc1)c1ccco1. The van der Waals surface area contributed by atoms with Crippen LogP contribution in [0, 0.1) is 0 Å². The largest absolute Gasteiger partial charge is 0.467 e. The van der Waals surface area contributed by atoms with Crippen molar-refractivity contribution in [2.24, 2.45) is 0 Å². The molecule has 0 saturated heterocycles. The van der Waals surface area contributed by atoms with Gasteiger partial charge in [-0.15, -0.1) is 0 Å². The molecule has 21 heavy (non-hydrogen) atoms. The Kier molecular flexibility index (Phi) is 5.00. The molecule has 0 aliphatic heterocycles. The topological polar surface area (TPSA) is 54.7 Å². The van der Waals surface area contributed by atoms with Crippen LogP contribution >= 0.6 is 0 Å². The molecular formula is C16H20N2O3. The Hall–Kier alpha value is -2.27. The van der Waals surface area contributed by atoms with Crippen LogP contribution in [0.15, 0.2) is 47.1 Å². The molecule has 1 unspecified atom stereocenters. The van der Waals surface area contributed by atoms with E-state index in [0.717, 1.165) is 5.69 Å². The average molecular weight is 288 g/mol. The summed E-state index contributed by atoms with van der Waals surface area (Å²) in [7, 11) is 5.51. The van der Waals surface area contributed by atoms with Crippen LogP contribution in [0.1, 0.15) is 22.2 Å². The average Bonchev–Trinajstić information content (AvgIpc) is 3.02. The molecular weight excluding hydrogens is 268 g/mol. The van der Waals surface area contributed by atoms with E-state index >= 15 is 0 Å². The minimum Gasteiger partial charge on any atom is -0.467 e. The van der Waals surface area contributed by atoms with Gasteiger partial charge in [0.1, 0.15) is 11.9 Å². The monoisotopic (exact) mass is 288 g/mol. The van der Waals surface area contributed by atoms with E-state index in [0.29, 0.717) is 17.9 Å². The highest BCUT2D eigenvalue weighted by molar-refractivity contribution is 5.94. The molecule has 0 radical (unpaired) electrons. The summed E-state index contributed by atoms with van der Waals surface area (Å²) in [5, 5.41) is 2.85. The minimum absolute atomic E-state index is 0.131. The standard InChI is InChI=1S/C16H20N2O3/c1-18(2)13-8-6-12(7-9-13)16(19)17-11-15(20-3)14-5-4-10-21-14/h4-10,15H,11H2,1-3H3,(H,17,19). The summed E-state index contributed by atoms with van der Waals surface area (Å²) < 4.78 is 10.6. The first-order chi connectivity index (χ1) is 10.1. The molecule has 1 N–H and O–H groups in total. The molecule has 5 heteroatoms. The van der Waals surface area contributed by atoms with Gasteiger partial charge in [-0.25, -0.2) is 0 Å². The van der Waals surface area contributed by atoms with Crippen molar-refractivity contribution in [1.29, 1.82) is 0 Å². The Morgan fingerprint density at radius 1 is 1.29 bits per heavy atom. The summed E-state index contributed by atoms with van der Waals surface area (Å²) in [6.45, 7) is 0.359. The van der Waals surface area contributed by atoms with E-state index in [1.807, 2.05) is 37.2 Å². The number of carbonyl (C=O) groups is 1. The van der Waals surface area contributed by atoms with E-state index in [-0.39, 0.29) is 12.0 Å². The predicted octanol–water partition coefficient (Wildman–Crippen LogP) is 2.46. The summed E-state index contributed by atoms with van der Waals surface area (Å²) in [4.78, 5) is 14.1. The summed E-state index contributed by atoms with van der Waals surface area (Å²) in [6, 6.07) is 11.1. The highest BCUT2D eigenvalue weighted by Crippen LogP contribution is 2.16. The van der Waals surface area contributed by atoms with Gasteiger partial charge in [-0.1, -0.05) is 0 Å². The van der Waals surface area contributed by atoms with Gasteiger partial charge in [0.25, 0.3) is 5.91 Å². The second kappa shape index (κ2) is 6.95. The normalized spacial score (nSPS) is 12.0. The molecule has 0 bridgehead atoms. The van der Waals surface area contributed by atoms with Crippen molar-refractivity contribution < 1.29 is 13.9 Å². The number of carbonyl (C=O) groups excluding carboxylic acids is 1. The van der Waals surface area contributed by atoms with Crippen molar-refractivity contribution in [2.45, 2.75) is 6.10 Å². The van der Waals surface area contributed by atoms with Crippen LogP contribution in [0.5, 0.6) is 0 Å². The van der Waals surface area contributed by atoms with Gasteiger partial charge in [0.15, 0.2) is 0 Å². The Bertz CT molecular complexity index is 562. The number of ether oxygens (including phenoxy) is 1. The van der Waals surface area contributed by atoms with Crippen LogP contribution in [0.25, 0.3) is 0 Å². The van der Waals surface area contributed by atoms with Gasteiger partial charge in [-0.2, -0.15) is 0 Å². The fourth-order valence-electron chi connectivity index (χ4n) is 1.97. The zero-order chi connectivity index (χ0) is 15.2. The van der Waals surface area contributed by atoms with Crippen molar-refractivity contribution in [3.05, 3.63) is 54.0 Å². The van der Waals surface area contributed by atoms with Crippen LogP contribution in [0.2, 0.25) is 0 Å². The molecule has 112 valence electrons. The lowest BCUT2D eigenvalue weighted by Gasteiger charge is -2.15. The molecule has 1 aromatic heterocycles. The minimum atomic E-state index is -0.287. The fourth-order valence-corrected chi connectivity index (χ4v) is 1.97. The van der Waals surface area contributed by atoms with E-state index in [9.17, 15) is 4.79 Å². The number of methoxy groups -OCH3 is 1. The third kappa shape index (κ3) is 3.86. The number of benzene rings is 1. The van der Waals surface area contributed by atoms with Gasteiger partial charge >= 0.3 is 0 Å². The van der Waals surface area contributed by atoms with Gasteiger partial charge in [0.2, 0.25) is 0 Å². The van der Waals surface area contributed by atoms with E-state index in [2.05, 4.69) is 5.32 Å². The maximum absolute atomic E-state index is 12.1. The number of nitrogens with one attached hydrogen (secondary N) is 1. The lowest BCUT2D eigenvalue weighted by Crippen LogP contribution is -2.29. The molecule has 2 rings (SSSR count). The van der Waals surface area contributed by atoms with Crippen molar-refractivity contribution in [3.63, 3.8) is 0 Å². The first-order valence-electron chi connectivity index (χ1n) is 6.73. The first-order valence-corrected chi connectivity index (χ1v) is 6.73. The third-order valence-corrected chi connectivity index (χ3v) is 3.24. The number of rotatable bonds is 6. The lowest BCUT2D eigenvalue weighted by molar-refractivity contribution is 0.0738. The Balaban J connectivity index is 1.95. The smallest absolute Gasteiger partial charge is 0.251 e. The Morgan fingerprint density at radius 3 is 2.52 bits per heavy atom. The Labute approximate surface area is 124 Å². The van der Waals surface area contributed by atoms with Gasteiger partial charge in [0, 0.05) is 32.5 Å². The predicted molar refractivity (Wildman–Crippen MR) is 81.6 cm³/mol. The molecule has 1 heterocycles. The van der Waals surface area contributed by atoms with Gasteiger partial charge < -0.3 is 19.4 Å². The summed E-state index contributed by atoms with van der Waals surface area (Å²) in [5.41, 5.74) is 1.67. The van der Waals surface area contributed by atoms with Crippen LogP contribution in [0.3, 0.4) is 0 Å². The van der Waals surface area contributed by atoms with E-state index in [4.69, 9.17) is 9.15 Å². The number of hydrogen-bond acceptors (Lipinski definition) is 4. The second-order valence-electron chi connectivity index (χ2n) is 4.89. The maximum Gasteiger partial charge on any atom is 0.251 e. The second-order valence-corrected chi connectivity index (χ2v) is 4.89. The van der Waals surface area contributed by atoms with Crippen molar-refractivity contribution in [3.8, 4) is 0 Å². The van der Waals surface area contributed by atoms with Crippen molar-refractivity contribution >= 4 is 11.6 Å². The van der Waals surface area contributed by atoms with E-state index in [1.165, 1.54) is 0 Å². The van der Waals surface area contributed by atoms with Gasteiger partial charge in [-0.05, 0) is 36.4 Å². The van der Waals surface area contributed by atoms with Crippen molar-refractivity contribution in [1.82, 2.24) is 5.32 Å². The first kappa shape index (κ1) is 15.1. The lowest BCUT2D eigenvalue weighted by atomic mass is 10.2. The molecule has 0 aliphatic rings.